The highest BCUT2D eigenvalue weighted by atomic mass is 16.5. The molecule has 1 aliphatic rings. The fourth-order valence-corrected chi connectivity index (χ4v) is 2.51. The largest absolute Gasteiger partial charge is 0.477 e. The molecule has 21 heavy (non-hydrogen) atoms. The Balaban J connectivity index is 1.96. The number of hydrogen-bond acceptors (Lipinski definition) is 4. The first-order valence-corrected chi connectivity index (χ1v) is 8.23. The molecule has 0 aromatic carbocycles. The van der Waals surface area contributed by atoms with Crippen LogP contribution >= 0.6 is 0 Å². The molecule has 2 rings (SSSR count). The fraction of sp³-hybridized carbons (Fsp3) is 0.706. The van der Waals surface area contributed by atoms with Crippen LogP contribution in [0.4, 0.5) is 0 Å². The third-order valence-corrected chi connectivity index (χ3v) is 3.67. The molecule has 1 aromatic heterocycles. The number of ether oxygens (including phenoxy) is 2. The summed E-state index contributed by atoms with van der Waals surface area (Å²) in [7, 11) is 0. The summed E-state index contributed by atoms with van der Waals surface area (Å²) >= 11 is 0. The first-order valence-electron chi connectivity index (χ1n) is 8.23. The van der Waals surface area contributed by atoms with Gasteiger partial charge in [-0.1, -0.05) is 20.3 Å². The average molecular weight is 292 g/mol. The fourth-order valence-electron chi connectivity index (χ4n) is 2.51. The van der Waals surface area contributed by atoms with Crippen LogP contribution < -0.4 is 10.1 Å². The van der Waals surface area contributed by atoms with Crippen molar-refractivity contribution in [2.45, 2.75) is 46.1 Å². The van der Waals surface area contributed by atoms with Gasteiger partial charge in [-0.15, -0.1) is 0 Å². The number of aryl methyl sites for hydroxylation is 1. The van der Waals surface area contributed by atoms with Crippen molar-refractivity contribution < 1.29 is 9.47 Å². The Labute approximate surface area is 128 Å². The van der Waals surface area contributed by atoms with E-state index >= 15 is 0 Å². The van der Waals surface area contributed by atoms with E-state index in [9.17, 15) is 0 Å². The standard InChI is InChI=1S/C17H28N2O2/c1-3-5-16-9-15(11-18-7-4-2)10-17(19-16)21-13-14-6-8-20-12-14/h9-10,14,18H,3-8,11-13H2,1-2H3. The normalized spacial score (nSPS) is 18.1. The molecule has 4 nitrogen and oxygen atoms in total. The van der Waals surface area contributed by atoms with Crippen LogP contribution in [0.5, 0.6) is 5.88 Å². The molecule has 1 aliphatic heterocycles. The topological polar surface area (TPSA) is 43.4 Å². The maximum absolute atomic E-state index is 5.90. The summed E-state index contributed by atoms with van der Waals surface area (Å²) < 4.78 is 11.3. The van der Waals surface area contributed by atoms with E-state index in [2.05, 4.69) is 36.3 Å². The zero-order valence-electron chi connectivity index (χ0n) is 13.4. The number of nitrogens with one attached hydrogen (secondary N) is 1. The average Bonchev–Trinajstić information content (AvgIpc) is 2.99. The molecule has 4 heteroatoms. The van der Waals surface area contributed by atoms with Crippen molar-refractivity contribution in [2.75, 3.05) is 26.4 Å². The van der Waals surface area contributed by atoms with Crippen LogP contribution in [0.3, 0.4) is 0 Å². The van der Waals surface area contributed by atoms with E-state index in [0.29, 0.717) is 12.5 Å². The van der Waals surface area contributed by atoms with Gasteiger partial charge in [0.1, 0.15) is 0 Å². The van der Waals surface area contributed by atoms with Crippen molar-refractivity contribution in [2.24, 2.45) is 5.92 Å². The number of nitrogens with zero attached hydrogens (tertiary/aromatic N) is 1. The van der Waals surface area contributed by atoms with Crippen LogP contribution in [-0.2, 0) is 17.7 Å². The predicted molar refractivity (Wildman–Crippen MR) is 84.7 cm³/mol. The van der Waals surface area contributed by atoms with Gasteiger partial charge in [0.2, 0.25) is 5.88 Å². The Bertz CT molecular complexity index is 417. The minimum Gasteiger partial charge on any atom is -0.477 e. The van der Waals surface area contributed by atoms with E-state index in [4.69, 9.17) is 9.47 Å². The molecule has 1 unspecified atom stereocenters. The molecule has 0 radical (unpaired) electrons. The molecule has 1 fully saturated rings. The monoisotopic (exact) mass is 292 g/mol. The second-order valence-electron chi connectivity index (χ2n) is 5.77. The lowest BCUT2D eigenvalue weighted by Crippen LogP contribution is -2.15. The number of pyridine rings is 1. The quantitative estimate of drug-likeness (QED) is 0.711. The van der Waals surface area contributed by atoms with Crippen LogP contribution in [0.1, 0.15) is 44.4 Å². The lowest BCUT2D eigenvalue weighted by Gasteiger charge is -2.13. The maximum atomic E-state index is 5.90. The second kappa shape index (κ2) is 9.00. The van der Waals surface area contributed by atoms with Gasteiger partial charge >= 0.3 is 0 Å². The van der Waals surface area contributed by atoms with Crippen molar-refractivity contribution in [1.29, 1.82) is 0 Å². The molecule has 2 heterocycles. The Morgan fingerprint density at radius 3 is 2.95 bits per heavy atom. The van der Waals surface area contributed by atoms with E-state index in [1.165, 1.54) is 5.56 Å². The van der Waals surface area contributed by atoms with Gasteiger partial charge < -0.3 is 14.8 Å². The van der Waals surface area contributed by atoms with Crippen LogP contribution in [0, 0.1) is 5.92 Å². The van der Waals surface area contributed by atoms with Gasteiger partial charge in [0.25, 0.3) is 0 Å². The first-order chi connectivity index (χ1) is 10.3. The highest BCUT2D eigenvalue weighted by molar-refractivity contribution is 5.25. The summed E-state index contributed by atoms with van der Waals surface area (Å²) in [5.74, 6) is 1.28. The van der Waals surface area contributed by atoms with Crippen LogP contribution in [0.25, 0.3) is 0 Å². The molecule has 118 valence electrons. The van der Waals surface area contributed by atoms with Crippen molar-refractivity contribution >= 4 is 0 Å². The van der Waals surface area contributed by atoms with Gasteiger partial charge in [0.05, 0.1) is 13.2 Å². The Kier molecular flexibility index (Phi) is 6.96. The molecule has 0 saturated carbocycles. The van der Waals surface area contributed by atoms with Gasteiger partial charge in [-0.2, -0.15) is 0 Å². The smallest absolute Gasteiger partial charge is 0.213 e. The summed E-state index contributed by atoms with van der Waals surface area (Å²) in [5.41, 5.74) is 2.39. The summed E-state index contributed by atoms with van der Waals surface area (Å²) in [4.78, 5) is 4.62. The second-order valence-corrected chi connectivity index (χ2v) is 5.77. The molecule has 0 spiro atoms. The maximum Gasteiger partial charge on any atom is 0.213 e. The minimum atomic E-state index is 0.517. The van der Waals surface area contributed by atoms with E-state index in [1.807, 2.05) is 0 Å². The third kappa shape index (κ3) is 5.64. The highest BCUT2D eigenvalue weighted by Crippen LogP contribution is 2.18. The Morgan fingerprint density at radius 2 is 2.24 bits per heavy atom. The zero-order valence-corrected chi connectivity index (χ0v) is 13.4. The molecule has 1 atom stereocenters. The van der Waals surface area contributed by atoms with Gasteiger partial charge in [0, 0.05) is 30.8 Å². The van der Waals surface area contributed by atoms with Gasteiger partial charge in [-0.25, -0.2) is 4.98 Å². The Morgan fingerprint density at radius 1 is 1.33 bits per heavy atom. The summed E-state index contributed by atoms with van der Waals surface area (Å²) in [6.45, 7) is 8.69. The van der Waals surface area contributed by atoms with Crippen molar-refractivity contribution in [3.63, 3.8) is 0 Å². The van der Waals surface area contributed by atoms with Crippen LogP contribution in [0.2, 0.25) is 0 Å². The minimum absolute atomic E-state index is 0.517. The van der Waals surface area contributed by atoms with E-state index in [1.54, 1.807) is 0 Å². The number of rotatable bonds is 9. The summed E-state index contributed by atoms with van der Waals surface area (Å²) in [6, 6.07) is 4.26. The molecule has 1 saturated heterocycles. The number of aromatic nitrogens is 1. The van der Waals surface area contributed by atoms with Crippen molar-refractivity contribution in [3.8, 4) is 5.88 Å². The van der Waals surface area contributed by atoms with E-state index < -0.39 is 0 Å². The Hall–Kier alpha value is -1.13. The van der Waals surface area contributed by atoms with Crippen molar-refractivity contribution in [3.05, 3.63) is 23.4 Å². The summed E-state index contributed by atoms with van der Waals surface area (Å²) in [6.07, 6.45) is 4.36. The first kappa shape index (κ1) is 16.2. The summed E-state index contributed by atoms with van der Waals surface area (Å²) in [5, 5.41) is 3.44. The van der Waals surface area contributed by atoms with Gasteiger partial charge in [-0.3, -0.25) is 0 Å². The highest BCUT2D eigenvalue weighted by Gasteiger charge is 2.16. The molecule has 1 N–H and O–H groups in total. The molecule has 0 aliphatic carbocycles. The van der Waals surface area contributed by atoms with Crippen molar-refractivity contribution in [1.82, 2.24) is 10.3 Å². The van der Waals surface area contributed by atoms with E-state index in [0.717, 1.165) is 63.6 Å². The molecule has 1 aromatic rings. The van der Waals surface area contributed by atoms with Gasteiger partial charge in [0.15, 0.2) is 0 Å². The zero-order chi connectivity index (χ0) is 14.9. The predicted octanol–water partition coefficient (Wildman–Crippen LogP) is 2.95. The molecule has 0 bridgehead atoms. The van der Waals surface area contributed by atoms with Crippen LogP contribution in [0.15, 0.2) is 12.1 Å². The lowest BCUT2D eigenvalue weighted by molar-refractivity contribution is 0.165. The molecular weight excluding hydrogens is 264 g/mol. The van der Waals surface area contributed by atoms with E-state index in [-0.39, 0.29) is 0 Å². The van der Waals surface area contributed by atoms with Crippen LogP contribution in [-0.4, -0.2) is 31.3 Å². The molecule has 0 amide bonds. The molecular formula is C17H28N2O2. The SMILES string of the molecule is CCCNCc1cc(CCC)nc(OCC2CCOC2)c1. The third-order valence-electron chi connectivity index (χ3n) is 3.67. The van der Waals surface area contributed by atoms with Gasteiger partial charge in [-0.05, 0) is 37.4 Å². The lowest BCUT2D eigenvalue weighted by atomic mass is 10.1. The number of hydrogen-bond donors (Lipinski definition) is 1.